The molecular weight excluding hydrogens is 504 g/mol. The maximum Gasteiger partial charge on any atom is -0.00170 e. The molecule has 42 heavy (non-hydrogen) atoms. The lowest BCUT2D eigenvalue weighted by Gasteiger charge is -2.33. The van der Waals surface area contributed by atoms with E-state index >= 15 is 0 Å². The van der Waals surface area contributed by atoms with Crippen molar-refractivity contribution in [1.29, 1.82) is 0 Å². The third-order valence-corrected chi connectivity index (χ3v) is 8.87. The highest BCUT2D eigenvalue weighted by molar-refractivity contribution is 6.26. The number of hydrogen-bond acceptors (Lipinski definition) is 0. The zero-order valence-electron chi connectivity index (χ0n) is 25.5. The Labute approximate surface area is 249 Å². The predicted molar refractivity (Wildman–Crippen MR) is 185 cm³/mol. The fourth-order valence-electron chi connectivity index (χ4n) is 7.13. The number of hydrogen-bond donors (Lipinski definition) is 0. The molecule has 7 aromatic carbocycles. The highest BCUT2D eigenvalue weighted by Crippen LogP contribution is 2.51. The van der Waals surface area contributed by atoms with Crippen LogP contribution in [0.3, 0.4) is 0 Å². The van der Waals surface area contributed by atoms with Crippen molar-refractivity contribution in [3.8, 4) is 22.3 Å². The topological polar surface area (TPSA) is 0 Å². The number of benzene rings is 7. The summed E-state index contributed by atoms with van der Waals surface area (Å²) in [7, 11) is 0. The lowest BCUT2D eigenvalue weighted by atomic mass is 9.70. The van der Waals surface area contributed by atoms with Gasteiger partial charge in [-0.05, 0) is 87.3 Å². The standard InChI is InChI=1S/C42H38/c1-41(2,3)36-26-25-35-37(31-23-13-17-27-15-7-9-19-29(27)31)33-21-11-12-22-34(33)38(39(35)40(36)42(4,5)6)32-24-14-18-28-16-8-10-20-30(28)32/h7-26H,1-6H3. The van der Waals surface area contributed by atoms with Gasteiger partial charge >= 0.3 is 0 Å². The maximum atomic E-state index is 2.42. The van der Waals surface area contributed by atoms with Gasteiger partial charge in [0, 0.05) is 0 Å². The highest BCUT2D eigenvalue weighted by Gasteiger charge is 2.31. The van der Waals surface area contributed by atoms with Crippen molar-refractivity contribution in [2.75, 3.05) is 0 Å². The van der Waals surface area contributed by atoms with E-state index in [0.717, 1.165) is 0 Å². The van der Waals surface area contributed by atoms with Gasteiger partial charge in [0.15, 0.2) is 0 Å². The van der Waals surface area contributed by atoms with Gasteiger partial charge in [0.05, 0.1) is 0 Å². The van der Waals surface area contributed by atoms with Crippen molar-refractivity contribution < 1.29 is 0 Å². The lowest BCUT2D eigenvalue weighted by Crippen LogP contribution is -2.22. The molecular formula is C42H38. The van der Waals surface area contributed by atoms with Crippen molar-refractivity contribution in [3.05, 3.63) is 132 Å². The summed E-state index contributed by atoms with van der Waals surface area (Å²) in [4.78, 5) is 0. The minimum atomic E-state index is -0.0695. The second-order valence-corrected chi connectivity index (χ2v) is 13.8. The molecule has 0 saturated carbocycles. The van der Waals surface area contributed by atoms with Gasteiger partial charge in [0.1, 0.15) is 0 Å². The van der Waals surface area contributed by atoms with Gasteiger partial charge in [-0.25, -0.2) is 0 Å². The fourth-order valence-corrected chi connectivity index (χ4v) is 7.13. The summed E-state index contributed by atoms with van der Waals surface area (Å²) >= 11 is 0. The number of fused-ring (bicyclic) bond motifs is 4. The molecule has 0 spiro atoms. The highest BCUT2D eigenvalue weighted by atomic mass is 14.3. The summed E-state index contributed by atoms with van der Waals surface area (Å²) in [6.45, 7) is 14.2. The Bertz CT molecular complexity index is 2130. The summed E-state index contributed by atoms with van der Waals surface area (Å²) in [5.74, 6) is 0. The Morgan fingerprint density at radius 3 is 1.33 bits per heavy atom. The van der Waals surface area contributed by atoms with Crippen molar-refractivity contribution in [2.24, 2.45) is 0 Å². The molecule has 0 saturated heterocycles. The molecule has 0 fully saturated rings. The van der Waals surface area contributed by atoms with Crippen LogP contribution < -0.4 is 0 Å². The van der Waals surface area contributed by atoms with Crippen LogP contribution >= 0.6 is 0 Å². The second kappa shape index (κ2) is 9.57. The van der Waals surface area contributed by atoms with E-state index in [0.29, 0.717) is 0 Å². The minimum absolute atomic E-state index is 0.00190. The average Bonchev–Trinajstić information content (AvgIpc) is 2.98. The van der Waals surface area contributed by atoms with E-state index in [1.165, 1.54) is 76.5 Å². The van der Waals surface area contributed by atoms with Crippen LogP contribution in [0, 0.1) is 0 Å². The zero-order chi connectivity index (χ0) is 29.2. The summed E-state index contributed by atoms with van der Waals surface area (Å²) < 4.78 is 0. The summed E-state index contributed by atoms with van der Waals surface area (Å²) in [5, 5.41) is 10.4. The Morgan fingerprint density at radius 2 is 0.810 bits per heavy atom. The molecule has 206 valence electrons. The van der Waals surface area contributed by atoms with Crippen molar-refractivity contribution in [3.63, 3.8) is 0 Å². The molecule has 0 nitrogen and oxygen atoms in total. The predicted octanol–water partition coefficient (Wildman–Crippen LogP) is 12.2. The Kier molecular flexibility index (Phi) is 6.03. The van der Waals surface area contributed by atoms with Crippen LogP contribution in [0.4, 0.5) is 0 Å². The summed E-state index contributed by atoms with van der Waals surface area (Å²) in [6.07, 6.45) is 0. The largest absolute Gasteiger partial charge is 0.0616 e. The number of rotatable bonds is 2. The summed E-state index contributed by atoms with van der Waals surface area (Å²) in [6, 6.07) is 45.1. The molecule has 0 unspecified atom stereocenters. The van der Waals surface area contributed by atoms with Crippen LogP contribution in [0.2, 0.25) is 0 Å². The third kappa shape index (κ3) is 4.12. The van der Waals surface area contributed by atoms with Gasteiger partial charge in [0.2, 0.25) is 0 Å². The van der Waals surface area contributed by atoms with Gasteiger partial charge in [-0.2, -0.15) is 0 Å². The van der Waals surface area contributed by atoms with Crippen LogP contribution in [0.5, 0.6) is 0 Å². The first-order valence-corrected chi connectivity index (χ1v) is 15.1. The van der Waals surface area contributed by atoms with E-state index in [1.807, 2.05) is 0 Å². The van der Waals surface area contributed by atoms with Crippen LogP contribution in [0.15, 0.2) is 121 Å². The van der Waals surface area contributed by atoms with E-state index in [-0.39, 0.29) is 10.8 Å². The lowest BCUT2D eigenvalue weighted by molar-refractivity contribution is 0.535. The quantitative estimate of drug-likeness (QED) is 0.191. The van der Waals surface area contributed by atoms with Gasteiger partial charge in [-0.3, -0.25) is 0 Å². The second-order valence-electron chi connectivity index (χ2n) is 13.8. The van der Waals surface area contributed by atoms with Crippen molar-refractivity contribution >= 4 is 43.1 Å². The van der Waals surface area contributed by atoms with E-state index in [9.17, 15) is 0 Å². The van der Waals surface area contributed by atoms with Crippen molar-refractivity contribution in [1.82, 2.24) is 0 Å². The molecule has 0 aliphatic heterocycles. The van der Waals surface area contributed by atoms with Gasteiger partial charge < -0.3 is 0 Å². The zero-order valence-corrected chi connectivity index (χ0v) is 25.5. The molecule has 7 rings (SSSR count). The fraction of sp³-hybridized carbons (Fsp3) is 0.190. The minimum Gasteiger partial charge on any atom is -0.0616 e. The first-order chi connectivity index (χ1) is 20.1. The Hall–Kier alpha value is -4.42. The van der Waals surface area contributed by atoms with Gasteiger partial charge in [-0.1, -0.05) is 163 Å². The smallest absolute Gasteiger partial charge is 0.00170 e. The van der Waals surface area contributed by atoms with Gasteiger partial charge in [0.25, 0.3) is 0 Å². The van der Waals surface area contributed by atoms with Crippen LogP contribution in [0.1, 0.15) is 52.7 Å². The molecule has 0 atom stereocenters. The maximum absolute atomic E-state index is 2.42. The normalized spacial score (nSPS) is 12.5. The Morgan fingerprint density at radius 1 is 0.357 bits per heavy atom. The van der Waals surface area contributed by atoms with Gasteiger partial charge in [-0.15, -0.1) is 0 Å². The average molecular weight is 543 g/mol. The molecule has 0 N–H and O–H groups in total. The molecule has 0 aromatic heterocycles. The Balaban J connectivity index is 1.81. The third-order valence-electron chi connectivity index (χ3n) is 8.87. The van der Waals surface area contributed by atoms with E-state index in [4.69, 9.17) is 0 Å². The molecule has 0 radical (unpaired) electrons. The molecule has 7 aromatic rings. The monoisotopic (exact) mass is 542 g/mol. The van der Waals surface area contributed by atoms with E-state index in [1.54, 1.807) is 0 Å². The molecule has 0 aliphatic carbocycles. The molecule has 0 aliphatic rings. The first kappa shape index (κ1) is 26.5. The van der Waals surface area contributed by atoms with Crippen molar-refractivity contribution in [2.45, 2.75) is 52.4 Å². The van der Waals surface area contributed by atoms with Crippen LogP contribution in [0.25, 0.3) is 65.3 Å². The van der Waals surface area contributed by atoms with Crippen LogP contribution in [-0.2, 0) is 10.8 Å². The van der Waals surface area contributed by atoms with E-state index in [2.05, 4.69) is 163 Å². The first-order valence-electron chi connectivity index (χ1n) is 15.1. The summed E-state index contributed by atoms with van der Waals surface area (Å²) in [5.41, 5.74) is 8.06. The molecule has 0 heterocycles. The SMILES string of the molecule is CC(C)(C)c1ccc2c(-c3cccc4ccccc34)c3ccccc3c(-c3cccc4ccccc34)c2c1C(C)(C)C. The molecule has 0 heteroatoms. The van der Waals surface area contributed by atoms with Crippen LogP contribution in [-0.4, -0.2) is 0 Å². The molecule has 0 amide bonds. The molecule has 0 bridgehead atoms. The van der Waals surface area contributed by atoms with E-state index < -0.39 is 0 Å².